The first-order chi connectivity index (χ1) is 13.9. The fourth-order valence-electron chi connectivity index (χ4n) is 4.58. The average molecular weight is 437 g/mol. The Bertz CT molecular complexity index is 894. The number of benzene rings is 1. The number of carbonyl (C=O) groups is 1. The lowest BCUT2D eigenvalue weighted by atomic mass is 9.87. The minimum atomic E-state index is -3.05. The second-order valence-electron chi connectivity index (χ2n) is 8.28. The van der Waals surface area contributed by atoms with Gasteiger partial charge in [-0.3, -0.25) is 4.79 Å². The third kappa shape index (κ3) is 4.97. The normalized spacial score (nSPS) is 27.9. The first-order valence-corrected chi connectivity index (χ1v) is 13.0. The monoisotopic (exact) mass is 436 g/mol. The van der Waals surface area contributed by atoms with Crippen molar-refractivity contribution >= 4 is 32.7 Å². The fourth-order valence-corrected chi connectivity index (χ4v) is 8.55. The molecule has 0 N–H and O–H groups in total. The molecule has 0 aromatic heterocycles. The maximum absolute atomic E-state index is 12.6. The molecule has 3 aliphatic rings. The lowest BCUT2D eigenvalue weighted by molar-refractivity contribution is -0.118. The Morgan fingerprint density at radius 1 is 1.24 bits per heavy atom. The van der Waals surface area contributed by atoms with Gasteiger partial charge in [-0.2, -0.15) is 4.99 Å². The summed E-state index contributed by atoms with van der Waals surface area (Å²) in [4.78, 5) is 19.1. The number of amides is 1. The van der Waals surface area contributed by atoms with Crippen molar-refractivity contribution < 1.29 is 17.9 Å². The van der Waals surface area contributed by atoms with Crippen LogP contribution in [-0.2, 0) is 21.2 Å². The quantitative estimate of drug-likeness (QED) is 0.705. The second-order valence-corrected chi connectivity index (χ2v) is 11.6. The van der Waals surface area contributed by atoms with E-state index in [-0.39, 0.29) is 28.7 Å². The number of hydrogen-bond donors (Lipinski definition) is 0. The van der Waals surface area contributed by atoms with Gasteiger partial charge in [-0.25, -0.2) is 8.42 Å². The van der Waals surface area contributed by atoms with Gasteiger partial charge in [0.05, 0.1) is 24.7 Å². The summed E-state index contributed by atoms with van der Waals surface area (Å²) >= 11 is 1.46. The molecule has 2 saturated heterocycles. The Labute approximate surface area is 177 Å². The summed E-state index contributed by atoms with van der Waals surface area (Å²) in [5.74, 6) is 1.42. The molecule has 0 radical (unpaired) electrons. The molecule has 6 nitrogen and oxygen atoms in total. The van der Waals surface area contributed by atoms with E-state index in [1.54, 1.807) is 7.11 Å². The van der Waals surface area contributed by atoms with Crippen molar-refractivity contribution in [1.29, 1.82) is 0 Å². The van der Waals surface area contributed by atoms with Crippen molar-refractivity contribution in [1.82, 2.24) is 4.90 Å². The highest BCUT2D eigenvalue weighted by Crippen LogP contribution is 2.39. The Kier molecular flexibility index (Phi) is 6.20. The zero-order valence-corrected chi connectivity index (χ0v) is 18.4. The van der Waals surface area contributed by atoms with E-state index >= 15 is 0 Å². The van der Waals surface area contributed by atoms with Crippen LogP contribution in [0.3, 0.4) is 0 Å². The Morgan fingerprint density at radius 3 is 2.79 bits per heavy atom. The molecule has 1 aromatic carbocycles. The number of methoxy groups -OCH3 is 1. The van der Waals surface area contributed by atoms with Gasteiger partial charge in [-0.15, -0.1) is 0 Å². The minimum Gasteiger partial charge on any atom is -0.497 e. The van der Waals surface area contributed by atoms with Crippen molar-refractivity contribution in [3.63, 3.8) is 0 Å². The molecule has 1 amide bonds. The second kappa shape index (κ2) is 8.68. The maximum atomic E-state index is 12.6. The van der Waals surface area contributed by atoms with Gasteiger partial charge in [0.1, 0.15) is 5.75 Å². The number of amidine groups is 1. The van der Waals surface area contributed by atoms with E-state index in [2.05, 4.69) is 4.99 Å². The van der Waals surface area contributed by atoms with Gasteiger partial charge in [0.25, 0.3) is 0 Å². The molecule has 1 aromatic rings. The number of hydrogen-bond acceptors (Lipinski definition) is 5. The largest absolute Gasteiger partial charge is 0.497 e. The maximum Gasteiger partial charge on any atom is 0.248 e. The van der Waals surface area contributed by atoms with E-state index in [0.29, 0.717) is 24.1 Å². The molecule has 8 heteroatoms. The van der Waals surface area contributed by atoms with Gasteiger partial charge in [-0.05, 0) is 36.5 Å². The van der Waals surface area contributed by atoms with Crippen molar-refractivity contribution in [3.8, 4) is 5.75 Å². The summed E-state index contributed by atoms with van der Waals surface area (Å²) < 4.78 is 29.6. The van der Waals surface area contributed by atoms with Crippen LogP contribution in [0.5, 0.6) is 5.75 Å². The highest BCUT2D eigenvalue weighted by atomic mass is 32.2. The van der Waals surface area contributed by atoms with Crippen molar-refractivity contribution in [3.05, 3.63) is 29.8 Å². The molecule has 3 fully saturated rings. The molecule has 2 aliphatic heterocycles. The van der Waals surface area contributed by atoms with Crippen LogP contribution in [0.15, 0.2) is 29.3 Å². The molecule has 0 spiro atoms. The Balaban J connectivity index is 1.53. The van der Waals surface area contributed by atoms with Gasteiger partial charge in [0.2, 0.25) is 5.91 Å². The number of nitrogens with zero attached hydrogens (tertiary/aromatic N) is 2. The van der Waals surface area contributed by atoms with E-state index in [1.807, 2.05) is 29.2 Å². The fraction of sp³-hybridized carbons (Fsp3) is 0.619. The molecule has 158 valence electrons. The molecule has 29 heavy (non-hydrogen) atoms. The van der Waals surface area contributed by atoms with Crippen molar-refractivity contribution in [2.24, 2.45) is 10.9 Å². The summed E-state index contributed by atoms with van der Waals surface area (Å²) in [5.41, 5.74) is 1.02. The van der Waals surface area contributed by atoms with Crippen LogP contribution in [0, 0.1) is 5.92 Å². The van der Waals surface area contributed by atoms with Crippen LogP contribution < -0.4 is 4.74 Å². The van der Waals surface area contributed by atoms with E-state index in [1.165, 1.54) is 31.0 Å². The molecule has 1 saturated carbocycles. The van der Waals surface area contributed by atoms with E-state index in [9.17, 15) is 13.2 Å². The van der Waals surface area contributed by atoms with Gasteiger partial charge in [0.15, 0.2) is 15.0 Å². The number of sulfone groups is 1. The third-order valence-electron chi connectivity index (χ3n) is 6.07. The van der Waals surface area contributed by atoms with Crippen molar-refractivity contribution in [2.45, 2.75) is 56.4 Å². The molecule has 2 atom stereocenters. The van der Waals surface area contributed by atoms with Crippen LogP contribution in [0.2, 0.25) is 0 Å². The lowest BCUT2D eigenvalue weighted by Crippen LogP contribution is -2.37. The van der Waals surface area contributed by atoms with E-state index < -0.39 is 9.84 Å². The molecule has 2 heterocycles. The third-order valence-corrected chi connectivity index (χ3v) is 9.32. The Morgan fingerprint density at radius 2 is 2.03 bits per heavy atom. The number of carbonyl (C=O) groups excluding carboxylic acids is 1. The predicted molar refractivity (Wildman–Crippen MR) is 116 cm³/mol. The van der Waals surface area contributed by atoms with Crippen LogP contribution in [-0.4, -0.2) is 54.3 Å². The summed E-state index contributed by atoms with van der Waals surface area (Å²) in [6.07, 6.45) is 6.40. The zero-order valence-electron chi connectivity index (χ0n) is 16.7. The van der Waals surface area contributed by atoms with Crippen LogP contribution in [0.1, 0.15) is 44.1 Å². The van der Waals surface area contributed by atoms with E-state index in [4.69, 9.17) is 4.74 Å². The molecule has 0 unspecified atom stereocenters. The standard InChI is InChI=1S/C21H28N2O4S2/c1-27-17-9-5-8-16(10-17)12-23-18-13-29(25,26)14-19(18)28-21(23)22-20(24)11-15-6-3-2-4-7-15/h5,8-10,15,18-19H,2-4,6-7,11-14H2,1H3/t18-,19-/m0/s1. The number of fused-ring (bicyclic) bond motifs is 1. The Hall–Kier alpha value is -1.54. The summed E-state index contributed by atoms with van der Waals surface area (Å²) in [6.45, 7) is 0.524. The molecular formula is C21H28N2O4S2. The van der Waals surface area contributed by atoms with E-state index in [0.717, 1.165) is 24.2 Å². The SMILES string of the molecule is COc1cccc(CN2C(=NC(=O)CC3CCCCC3)S[C@H]3CS(=O)(=O)C[C@@H]32)c1. The zero-order chi connectivity index (χ0) is 20.4. The molecular weight excluding hydrogens is 408 g/mol. The van der Waals surface area contributed by atoms with Crippen LogP contribution >= 0.6 is 11.8 Å². The topological polar surface area (TPSA) is 76.0 Å². The molecule has 1 aliphatic carbocycles. The number of aliphatic imine (C=N–C) groups is 1. The first kappa shape index (κ1) is 20.7. The number of ether oxygens (including phenoxy) is 1. The lowest BCUT2D eigenvalue weighted by Gasteiger charge is -2.25. The van der Waals surface area contributed by atoms with Crippen LogP contribution in [0.4, 0.5) is 0 Å². The highest BCUT2D eigenvalue weighted by Gasteiger charge is 2.48. The van der Waals surface area contributed by atoms with Gasteiger partial charge in [-0.1, -0.05) is 43.2 Å². The average Bonchev–Trinajstić information content (AvgIpc) is 3.15. The van der Waals surface area contributed by atoms with Crippen molar-refractivity contribution in [2.75, 3.05) is 18.6 Å². The highest BCUT2D eigenvalue weighted by molar-refractivity contribution is 8.15. The summed E-state index contributed by atoms with van der Waals surface area (Å²) in [7, 11) is -1.42. The first-order valence-electron chi connectivity index (χ1n) is 10.3. The van der Waals surface area contributed by atoms with Gasteiger partial charge in [0, 0.05) is 18.2 Å². The number of thioether (sulfide) groups is 1. The minimum absolute atomic E-state index is 0.0492. The summed E-state index contributed by atoms with van der Waals surface area (Å²) in [6, 6.07) is 7.62. The van der Waals surface area contributed by atoms with Gasteiger partial charge < -0.3 is 9.64 Å². The number of rotatable bonds is 5. The van der Waals surface area contributed by atoms with Crippen LogP contribution in [0.25, 0.3) is 0 Å². The predicted octanol–water partition coefficient (Wildman–Crippen LogP) is 3.26. The molecule has 4 rings (SSSR count). The summed E-state index contributed by atoms with van der Waals surface area (Å²) in [5, 5.41) is 0.630. The molecule has 0 bridgehead atoms. The van der Waals surface area contributed by atoms with Gasteiger partial charge >= 0.3 is 0 Å². The smallest absolute Gasteiger partial charge is 0.248 e.